The van der Waals surface area contributed by atoms with Crippen LogP contribution in [0.25, 0.3) is 0 Å². The van der Waals surface area contributed by atoms with E-state index in [2.05, 4.69) is 17.3 Å². The summed E-state index contributed by atoms with van der Waals surface area (Å²) in [6.45, 7) is 4.58. The molecule has 0 radical (unpaired) electrons. The molecule has 0 saturated carbocycles. The molecule has 1 aliphatic heterocycles. The summed E-state index contributed by atoms with van der Waals surface area (Å²) >= 11 is 0. The highest BCUT2D eigenvalue weighted by Crippen LogP contribution is 2.12. The number of nitrogens with zero attached hydrogens (tertiary/aromatic N) is 1. The Morgan fingerprint density at radius 1 is 1.44 bits per heavy atom. The Labute approximate surface area is 98.0 Å². The van der Waals surface area contributed by atoms with Crippen LogP contribution in [-0.2, 0) is 4.79 Å². The topological polar surface area (TPSA) is 52.6 Å². The second kappa shape index (κ2) is 7.63. The number of aliphatic carboxylic acids is 1. The van der Waals surface area contributed by atoms with E-state index in [1.807, 2.05) is 0 Å². The second-order valence-electron chi connectivity index (χ2n) is 4.83. The molecule has 1 atom stereocenters. The lowest BCUT2D eigenvalue weighted by Gasteiger charge is -2.11. The maximum Gasteiger partial charge on any atom is 0.303 e. The van der Waals surface area contributed by atoms with Crippen molar-refractivity contribution in [1.29, 1.82) is 0 Å². The highest BCUT2D eigenvalue weighted by atomic mass is 16.4. The summed E-state index contributed by atoms with van der Waals surface area (Å²) < 4.78 is 0. The van der Waals surface area contributed by atoms with Gasteiger partial charge in [-0.2, -0.15) is 0 Å². The molecule has 94 valence electrons. The number of hydrogen-bond donors (Lipinski definition) is 2. The Kier molecular flexibility index (Phi) is 6.42. The van der Waals surface area contributed by atoms with Gasteiger partial charge in [0.2, 0.25) is 0 Å². The predicted octanol–water partition coefficient (Wildman–Crippen LogP) is 1.17. The van der Waals surface area contributed by atoms with Crippen LogP contribution in [0.4, 0.5) is 0 Å². The summed E-state index contributed by atoms with van der Waals surface area (Å²) in [6.07, 6.45) is 4.54. The van der Waals surface area contributed by atoms with Crippen molar-refractivity contribution in [1.82, 2.24) is 10.2 Å². The minimum Gasteiger partial charge on any atom is -0.481 e. The highest BCUT2D eigenvalue weighted by Gasteiger charge is 2.18. The summed E-state index contributed by atoms with van der Waals surface area (Å²) in [5.41, 5.74) is 0. The lowest BCUT2D eigenvalue weighted by Crippen LogP contribution is -2.25. The van der Waals surface area contributed by atoms with E-state index in [-0.39, 0.29) is 0 Å². The molecule has 1 saturated heterocycles. The summed E-state index contributed by atoms with van der Waals surface area (Å²) in [5, 5.41) is 11.9. The molecule has 1 heterocycles. The van der Waals surface area contributed by atoms with Crippen molar-refractivity contribution in [3.05, 3.63) is 0 Å². The van der Waals surface area contributed by atoms with Crippen molar-refractivity contribution in [2.75, 3.05) is 33.2 Å². The molecule has 0 bridgehead atoms. The van der Waals surface area contributed by atoms with Gasteiger partial charge in [-0.15, -0.1) is 0 Å². The van der Waals surface area contributed by atoms with Crippen LogP contribution in [0.3, 0.4) is 0 Å². The quantitative estimate of drug-likeness (QED) is 0.612. The lowest BCUT2D eigenvalue weighted by atomic mass is 10.1. The number of unbranched alkanes of at least 4 members (excludes halogenated alkanes) is 2. The number of likely N-dealkylation sites (tertiary alicyclic amines) is 1. The van der Waals surface area contributed by atoms with Crippen LogP contribution in [0.2, 0.25) is 0 Å². The fraction of sp³-hybridized carbons (Fsp3) is 0.917. The van der Waals surface area contributed by atoms with Crippen molar-refractivity contribution in [3.8, 4) is 0 Å². The Morgan fingerprint density at radius 2 is 2.25 bits per heavy atom. The fourth-order valence-electron chi connectivity index (χ4n) is 2.20. The molecule has 0 amide bonds. The molecule has 2 N–H and O–H groups in total. The predicted molar refractivity (Wildman–Crippen MR) is 64.6 cm³/mol. The number of nitrogens with one attached hydrogen (secondary N) is 1. The molecule has 0 aromatic rings. The van der Waals surface area contributed by atoms with Gasteiger partial charge in [-0.1, -0.05) is 6.42 Å². The minimum absolute atomic E-state index is 0.313. The van der Waals surface area contributed by atoms with E-state index in [1.54, 1.807) is 0 Å². The first-order valence-electron chi connectivity index (χ1n) is 6.29. The summed E-state index contributed by atoms with van der Waals surface area (Å²) in [7, 11) is 2.17. The normalized spacial score (nSPS) is 21.4. The molecule has 16 heavy (non-hydrogen) atoms. The largest absolute Gasteiger partial charge is 0.481 e. The zero-order valence-electron chi connectivity index (χ0n) is 10.2. The fourth-order valence-corrected chi connectivity index (χ4v) is 2.20. The molecule has 0 aromatic carbocycles. The van der Waals surface area contributed by atoms with Crippen LogP contribution in [0.1, 0.15) is 32.1 Å². The summed E-state index contributed by atoms with van der Waals surface area (Å²) in [6, 6.07) is 0. The van der Waals surface area contributed by atoms with E-state index in [1.165, 1.54) is 19.5 Å². The van der Waals surface area contributed by atoms with Gasteiger partial charge in [0.15, 0.2) is 0 Å². The number of carbonyl (C=O) groups is 1. The third-order valence-electron chi connectivity index (χ3n) is 3.17. The molecule has 1 fully saturated rings. The van der Waals surface area contributed by atoms with Gasteiger partial charge in [-0.3, -0.25) is 4.79 Å². The Balaban J connectivity index is 1.83. The van der Waals surface area contributed by atoms with Gasteiger partial charge in [-0.05, 0) is 51.9 Å². The molecule has 0 spiro atoms. The monoisotopic (exact) mass is 228 g/mol. The molecule has 4 nitrogen and oxygen atoms in total. The molecule has 4 heteroatoms. The van der Waals surface area contributed by atoms with Crippen molar-refractivity contribution in [3.63, 3.8) is 0 Å². The first-order valence-corrected chi connectivity index (χ1v) is 6.29. The Morgan fingerprint density at radius 3 is 2.88 bits per heavy atom. The molecule has 1 aliphatic rings. The van der Waals surface area contributed by atoms with Gasteiger partial charge in [0, 0.05) is 13.0 Å². The van der Waals surface area contributed by atoms with Crippen molar-refractivity contribution < 1.29 is 9.90 Å². The Bertz CT molecular complexity index is 209. The van der Waals surface area contributed by atoms with Gasteiger partial charge >= 0.3 is 5.97 Å². The SMILES string of the molecule is CN1CCC(CNCCCCCC(=O)O)C1. The van der Waals surface area contributed by atoms with Gasteiger partial charge in [0.1, 0.15) is 0 Å². The maximum absolute atomic E-state index is 10.3. The molecular formula is C12H24N2O2. The lowest BCUT2D eigenvalue weighted by molar-refractivity contribution is -0.137. The van der Waals surface area contributed by atoms with Crippen molar-refractivity contribution in [2.45, 2.75) is 32.1 Å². The van der Waals surface area contributed by atoms with E-state index < -0.39 is 5.97 Å². The van der Waals surface area contributed by atoms with E-state index in [4.69, 9.17) is 5.11 Å². The number of carboxylic acid groups (broad SMARTS) is 1. The zero-order chi connectivity index (χ0) is 11.8. The van der Waals surface area contributed by atoms with Crippen LogP contribution < -0.4 is 5.32 Å². The van der Waals surface area contributed by atoms with Crippen molar-refractivity contribution >= 4 is 5.97 Å². The number of rotatable bonds is 8. The molecular weight excluding hydrogens is 204 g/mol. The van der Waals surface area contributed by atoms with Gasteiger partial charge < -0.3 is 15.3 Å². The summed E-state index contributed by atoms with van der Waals surface area (Å²) in [5.74, 6) is 0.131. The molecule has 1 rings (SSSR count). The van der Waals surface area contributed by atoms with E-state index >= 15 is 0 Å². The minimum atomic E-state index is -0.679. The van der Waals surface area contributed by atoms with E-state index in [9.17, 15) is 4.79 Å². The maximum atomic E-state index is 10.3. The third kappa shape index (κ3) is 6.08. The highest BCUT2D eigenvalue weighted by molar-refractivity contribution is 5.66. The molecule has 0 aliphatic carbocycles. The second-order valence-corrected chi connectivity index (χ2v) is 4.83. The van der Waals surface area contributed by atoms with Crippen LogP contribution in [-0.4, -0.2) is 49.2 Å². The van der Waals surface area contributed by atoms with Crippen LogP contribution in [0.15, 0.2) is 0 Å². The molecule has 0 aromatic heterocycles. The van der Waals surface area contributed by atoms with E-state index in [0.717, 1.165) is 38.3 Å². The first-order chi connectivity index (χ1) is 7.68. The van der Waals surface area contributed by atoms with Crippen LogP contribution in [0.5, 0.6) is 0 Å². The van der Waals surface area contributed by atoms with Gasteiger partial charge in [-0.25, -0.2) is 0 Å². The molecule has 1 unspecified atom stereocenters. The third-order valence-corrected chi connectivity index (χ3v) is 3.17. The van der Waals surface area contributed by atoms with Crippen molar-refractivity contribution in [2.24, 2.45) is 5.92 Å². The standard InChI is InChI=1S/C12H24N2O2/c1-14-8-6-11(10-14)9-13-7-4-2-3-5-12(15)16/h11,13H,2-10H2,1H3,(H,15,16). The Hall–Kier alpha value is -0.610. The summed E-state index contributed by atoms with van der Waals surface area (Å²) in [4.78, 5) is 12.6. The smallest absolute Gasteiger partial charge is 0.303 e. The van der Waals surface area contributed by atoms with Crippen LogP contribution in [0, 0.1) is 5.92 Å². The average Bonchev–Trinajstić information content (AvgIpc) is 2.62. The van der Waals surface area contributed by atoms with Gasteiger partial charge in [0.05, 0.1) is 0 Å². The van der Waals surface area contributed by atoms with E-state index in [0.29, 0.717) is 6.42 Å². The van der Waals surface area contributed by atoms with Crippen LogP contribution >= 0.6 is 0 Å². The number of carboxylic acids is 1. The first kappa shape index (κ1) is 13.5. The zero-order valence-corrected chi connectivity index (χ0v) is 10.2. The van der Waals surface area contributed by atoms with Gasteiger partial charge in [0.25, 0.3) is 0 Å². The average molecular weight is 228 g/mol. The number of hydrogen-bond acceptors (Lipinski definition) is 3.